The van der Waals surface area contributed by atoms with Gasteiger partial charge in [-0.15, -0.1) is 0 Å². The van der Waals surface area contributed by atoms with E-state index < -0.39 is 0 Å². The second-order valence-corrected chi connectivity index (χ2v) is 5.02. The van der Waals surface area contributed by atoms with Crippen molar-refractivity contribution in [3.8, 4) is 0 Å². The molecule has 0 saturated carbocycles. The molecule has 1 heterocycles. The van der Waals surface area contributed by atoms with Crippen LogP contribution in [0, 0.1) is 6.92 Å². The summed E-state index contributed by atoms with van der Waals surface area (Å²) in [5.74, 6) is 0. The molecule has 0 bridgehead atoms. The normalized spacial score (nSPS) is 18.7. The molecule has 5 heteroatoms. The van der Waals surface area contributed by atoms with Crippen molar-refractivity contribution in [1.82, 2.24) is 4.90 Å². The van der Waals surface area contributed by atoms with Gasteiger partial charge in [-0.2, -0.15) is 0 Å². The number of amides is 2. The minimum atomic E-state index is -0.130. The standard InChI is InChI=1S/C13H17N3OS/c1-9-4-6-10(7-5-9)15-13(17)16-8-2-3-11(16)12(14)18/h4-7,11H,2-3,8H2,1H3,(H2,14,18)(H,15,17). The van der Waals surface area contributed by atoms with Crippen LogP contribution in [0.2, 0.25) is 0 Å². The van der Waals surface area contributed by atoms with Crippen LogP contribution in [-0.2, 0) is 0 Å². The number of rotatable bonds is 2. The molecule has 1 atom stereocenters. The molecule has 1 aromatic carbocycles. The third kappa shape index (κ3) is 2.79. The van der Waals surface area contributed by atoms with Gasteiger partial charge in [0.1, 0.15) is 0 Å². The predicted octanol–water partition coefficient (Wildman–Crippen LogP) is 2.28. The highest BCUT2D eigenvalue weighted by molar-refractivity contribution is 7.80. The smallest absolute Gasteiger partial charge is 0.322 e. The maximum absolute atomic E-state index is 12.1. The summed E-state index contributed by atoms with van der Waals surface area (Å²) in [4.78, 5) is 14.2. The van der Waals surface area contributed by atoms with Crippen LogP contribution < -0.4 is 11.1 Å². The first kappa shape index (κ1) is 12.8. The highest BCUT2D eigenvalue weighted by atomic mass is 32.1. The van der Waals surface area contributed by atoms with E-state index >= 15 is 0 Å². The van der Waals surface area contributed by atoms with Crippen molar-refractivity contribution in [3.05, 3.63) is 29.8 Å². The molecule has 1 fully saturated rings. The van der Waals surface area contributed by atoms with Crippen LogP contribution in [0.4, 0.5) is 10.5 Å². The fourth-order valence-electron chi connectivity index (χ4n) is 2.14. The molecule has 0 aliphatic carbocycles. The molecule has 0 radical (unpaired) electrons. The van der Waals surface area contributed by atoms with E-state index in [1.54, 1.807) is 4.90 Å². The Hall–Kier alpha value is -1.62. The van der Waals surface area contributed by atoms with Crippen LogP contribution in [-0.4, -0.2) is 28.5 Å². The quantitative estimate of drug-likeness (QED) is 0.805. The summed E-state index contributed by atoms with van der Waals surface area (Å²) in [5.41, 5.74) is 7.60. The van der Waals surface area contributed by atoms with Gasteiger partial charge < -0.3 is 16.0 Å². The van der Waals surface area contributed by atoms with Crippen LogP contribution >= 0.6 is 12.2 Å². The Bertz CT molecular complexity index is 458. The number of likely N-dealkylation sites (tertiary alicyclic amines) is 1. The largest absolute Gasteiger partial charge is 0.392 e. The number of urea groups is 1. The summed E-state index contributed by atoms with van der Waals surface area (Å²) >= 11 is 4.99. The molecule has 1 aliphatic rings. The summed E-state index contributed by atoms with van der Waals surface area (Å²) in [7, 11) is 0. The first-order valence-corrected chi connectivity index (χ1v) is 6.42. The third-order valence-corrected chi connectivity index (χ3v) is 3.42. The lowest BCUT2D eigenvalue weighted by Crippen LogP contribution is -2.44. The first-order valence-electron chi connectivity index (χ1n) is 6.01. The zero-order valence-corrected chi connectivity index (χ0v) is 11.2. The number of anilines is 1. The van der Waals surface area contributed by atoms with Crippen molar-refractivity contribution in [2.45, 2.75) is 25.8 Å². The third-order valence-electron chi connectivity index (χ3n) is 3.14. The summed E-state index contributed by atoms with van der Waals surface area (Å²) < 4.78 is 0. The Morgan fingerprint density at radius 2 is 2.11 bits per heavy atom. The maximum atomic E-state index is 12.1. The highest BCUT2D eigenvalue weighted by Gasteiger charge is 2.30. The van der Waals surface area contributed by atoms with E-state index in [1.807, 2.05) is 31.2 Å². The number of carbonyl (C=O) groups excluding carboxylic acids is 1. The zero-order chi connectivity index (χ0) is 13.1. The lowest BCUT2D eigenvalue weighted by atomic mass is 10.2. The average Bonchev–Trinajstić information content (AvgIpc) is 2.81. The molecule has 1 unspecified atom stereocenters. The Labute approximate surface area is 112 Å². The molecule has 0 spiro atoms. The van der Waals surface area contributed by atoms with Crippen molar-refractivity contribution in [3.63, 3.8) is 0 Å². The summed E-state index contributed by atoms with van der Waals surface area (Å²) in [6, 6.07) is 7.47. The molecular formula is C13H17N3OS. The van der Waals surface area contributed by atoms with Gasteiger partial charge in [0.2, 0.25) is 0 Å². The summed E-state index contributed by atoms with van der Waals surface area (Å²) in [6.45, 7) is 2.72. The first-order chi connectivity index (χ1) is 8.58. The lowest BCUT2D eigenvalue weighted by molar-refractivity contribution is 0.217. The van der Waals surface area contributed by atoms with Gasteiger partial charge in [0.15, 0.2) is 0 Å². The minimum absolute atomic E-state index is 0.106. The van der Waals surface area contributed by atoms with Gasteiger partial charge in [0.25, 0.3) is 0 Å². The molecule has 1 aromatic rings. The van der Waals surface area contributed by atoms with Gasteiger partial charge >= 0.3 is 6.03 Å². The van der Waals surface area contributed by atoms with E-state index in [2.05, 4.69) is 5.32 Å². The van der Waals surface area contributed by atoms with Crippen LogP contribution in [0.5, 0.6) is 0 Å². The van der Waals surface area contributed by atoms with E-state index in [1.165, 1.54) is 0 Å². The Morgan fingerprint density at radius 3 is 2.72 bits per heavy atom. The van der Waals surface area contributed by atoms with Crippen molar-refractivity contribution in [2.24, 2.45) is 5.73 Å². The van der Waals surface area contributed by atoms with Crippen LogP contribution in [0.25, 0.3) is 0 Å². The molecule has 1 saturated heterocycles. The van der Waals surface area contributed by atoms with E-state index in [0.717, 1.165) is 24.1 Å². The van der Waals surface area contributed by atoms with Crippen molar-refractivity contribution in [2.75, 3.05) is 11.9 Å². The maximum Gasteiger partial charge on any atom is 0.322 e. The number of benzene rings is 1. The second-order valence-electron chi connectivity index (χ2n) is 4.55. The molecule has 3 N–H and O–H groups in total. The number of hydrogen-bond acceptors (Lipinski definition) is 2. The van der Waals surface area contributed by atoms with E-state index in [9.17, 15) is 4.79 Å². The van der Waals surface area contributed by atoms with E-state index in [4.69, 9.17) is 18.0 Å². The Kier molecular flexibility index (Phi) is 3.81. The second kappa shape index (κ2) is 5.35. The average molecular weight is 263 g/mol. The van der Waals surface area contributed by atoms with Crippen molar-refractivity contribution < 1.29 is 4.79 Å². The molecule has 0 aromatic heterocycles. The topological polar surface area (TPSA) is 58.4 Å². The van der Waals surface area contributed by atoms with Crippen LogP contribution in [0.1, 0.15) is 18.4 Å². The number of nitrogens with two attached hydrogens (primary N) is 1. The molecule has 4 nitrogen and oxygen atoms in total. The van der Waals surface area contributed by atoms with Gasteiger partial charge in [-0.25, -0.2) is 4.79 Å². The molecule has 1 aliphatic heterocycles. The van der Waals surface area contributed by atoms with Gasteiger partial charge in [0.05, 0.1) is 11.0 Å². The Balaban J connectivity index is 2.03. The van der Waals surface area contributed by atoms with Crippen molar-refractivity contribution >= 4 is 28.9 Å². The molecule has 2 amide bonds. The van der Waals surface area contributed by atoms with Gasteiger partial charge in [0, 0.05) is 12.2 Å². The molecular weight excluding hydrogens is 246 g/mol. The Morgan fingerprint density at radius 1 is 1.44 bits per heavy atom. The fourth-order valence-corrected chi connectivity index (χ4v) is 2.38. The molecule has 96 valence electrons. The van der Waals surface area contributed by atoms with Crippen LogP contribution in [0.15, 0.2) is 24.3 Å². The van der Waals surface area contributed by atoms with Crippen LogP contribution in [0.3, 0.4) is 0 Å². The number of carbonyl (C=O) groups is 1. The number of hydrogen-bond donors (Lipinski definition) is 2. The number of thiocarbonyl (C=S) groups is 1. The predicted molar refractivity (Wildman–Crippen MR) is 76.7 cm³/mol. The number of nitrogens with one attached hydrogen (secondary N) is 1. The fraction of sp³-hybridized carbons (Fsp3) is 0.385. The SMILES string of the molecule is Cc1ccc(NC(=O)N2CCCC2C(N)=S)cc1. The summed E-state index contributed by atoms with van der Waals surface area (Å²) in [5, 5.41) is 2.87. The minimum Gasteiger partial charge on any atom is -0.392 e. The monoisotopic (exact) mass is 263 g/mol. The zero-order valence-electron chi connectivity index (χ0n) is 10.3. The van der Waals surface area contributed by atoms with Gasteiger partial charge in [-0.3, -0.25) is 0 Å². The lowest BCUT2D eigenvalue weighted by Gasteiger charge is -2.24. The van der Waals surface area contributed by atoms with Gasteiger partial charge in [-0.1, -0.05) is 29.9 Å². The highest BCUT2D eigenvalue weighted by Crippen LogP contribution is 2.19. The van der Waals surface area contributed by atoms with Gasteiger partial charge in [-0.05, 0) is 31.9 Å². The number of nitrogens with zero attached hydrogens (tertiary/aromatic N) is 1. The summed E-state index contributed by atoms with van der Waals surface area (Å²) in [6.07, 6.45) is 1.81. The molecule has 2 rings (SSSR count). The molecule has 18 heavy (non-hydrogen) atoms. The van der Waals surface area contributed by atoms with E-state index in [0.29, 0.717) is 11.5 Å². The van der Waals surface area contributed by atoms with E-state index in [-0.39, 0.29) is 12.1 Å². The number of aryl methyl sites for hydroxylation is 1. The van der Waals surface area contributed by atoms with Crippen molar-refractivity contribution in [1.29, 1.82) is 0 Å².